The van der Waals surface area contributed by atoms with Crippen LogP contribution in [0.2, 0.25) is 10.0 Å². The van der Waals surface area contributed by atoms with Gasteiger partial charge in [0.2, 0.25) is 0 Å². The molecule has 1 aromatic heterocycles. The van der Waals surface area contributed by atoms with E-state index in [4.69, 9.17) is 27.9 Å². The zero-order chi connectivity index (χ0) is 20.8. The fourth-order valence-corrected chi connectivity index (χ4v) is 3.06. The van der Waals surface area contributed by atoms with E-state index in [1.165, 1.54) is 21.7 Å². The molecule has 0 aliphatic carbocycles. The van der Waals surface area contributed by atoms with Gasteiger partial charge in [0.1, 0.15) is 18.1 Å². The minimum Gasteiger partial charge on any atom is -0.492 e. The fourth-order valence-electron chi connectivity index (χ4n) is 2.68. The van der Waals surface area contributed by atoms with Gasteiger partial charge in [-0.1, -0.05) is 53.5 Å². The average Bonchev–Trinajstić information content (AvgIpc) is 2.73. The van der Waals surface area contributed by atoms with Gasteiger partial charge in [0, 0.05) is 19.7 Å². The number of amides is 1. The van der Waals surface area contributed by atoms with Crippen LogP contribution >= 0.6 is 23.2 Å². The van der Waals surface area contributed by atoms with Crippen molar-refractivity contribution in [3.63, 3.8) is 0 Å². The molecule has 3 aromatic rings. The SMILES string of the molecule is CN(Cc1cccc(Cl)c1Cl)C(=O)c1ccc(=O)n(CCOc2ccccc2)n1. The number of benzene rings is 2. The molecule has 0 aliphatic heterocycles. The summed E-state index contributed by atoms with van der Waals surface area (Å²) in [6.07, 6.45) is 0. The molecule has 0 unspecified atom stereocenters. The first-order valence-corrected chi connectivity index (χ1v) is 9.65. The highest BCUT2D eigenvalue weighted by Crippen LogP contribution is 2.26. The van der Waals surface area contributed by atoms with Crippen molar-refractivity contribution < 1.29 is 9.53 Å². The van der Waals surface area contributed by atoms with Crippen molar-refractivity contribution in [2.45, 2.75) is 13.1 Å². The summed E-state index contributed by atoms with van der Waals surface area (Å²) in [6, 6.07) is 17.3. The summed E-state index contributed by atoms with van der Waals surface area (Å²) in [7, 11) is 1.63. The number of halogens is 2. The Labute approximate surface area is 178 Å². The number of carbonyl (C=O) groups excluding carboxylic acids is 1. The van der Waals surface area contributed by atoms with E-state index in [9.17, 15) is 9.59 Å². The zero-order valence-corrected chi connectivity index (χ0v) is 17.2. The first-order chi connectivity index (χ1) is 14.0. The Morgan fingerprint density at radius 3 is 2.59 bits per heavy atom. The van der Waals surface area contributed by atoms with Crippen LogP contribution in [-0.2, 0) is 13.1 Å². The fraction of sp³-hybridized carbons (Fsp3) is 0.190. The Kier molecular flexibility index (Phi) is 6.90. The lowest BCUT2D eigenvalue weighted by molar-refractivity contribution is 0.0776. The molecule has 150 valence electrons. The van der Waals surface area contributed by atoms with E-state index in [-0.39, 0.29) is 36.9 Å². The van der Waals surface area contributed by atoms with E-state index in [0.717, 1.165) is 5.56 Å². The first kappa shape index (κ1) is 20.9. The number of ether oxygens (including phenoxy) is 1. The Hall–Kier alpha value is -2.83. The Balaban J connectivity index is 1.68. The predicted molar refractivity (Wildman–Crippen MR) is 113 cm³/mol. The van der Waals surface area contributed by atoms with Gasteiger partial charge in [-0.25, -0.2) is 4.68 Å². The zero-order valence-electron chi connectivity index (χ0n) is 15.7. The van der Waals surface area contributed by atoms with Crippen LogP contribution in [0.5, 0.6) is 5.75 Å². The van der Waals surface area contributed by atoms with Gasteiger partial charge in [0.15, 0.2) is 0 Å². The average molecular weight is 432 g/mol. The molecular formula is C21H19Cl2N3O3. The van der Waals surface area contributed by atoms with Gasteiger partial charge in [0.05, 0.1) is 16.6 Å². The maximum absolute atomic E-state index is 12.7. The normalized spacial score (nSPS) is 10.6. The number of hydrogen-bond donors (Lipinski definition) is 0. The Morgan fingerprint density at radius 2 is 1.83 bits per heavy atom. The molecule has 8 heteroatoms. The lowest BCUT2D eigenvalue weighted by Gasteiger charge is -2.18. The van der Waals surface area contributed by atoms with Crippen molar-refractivity contribution in [2.24, 2.45) is 0 Å². The summed E-state index contributed by atoms with van der Waals surface area (Å²) in [5.41, 5.74) is 0.573. The monoisotopic (exact) mass is 431 g/mol. The topological polar surface area (TPSA) is 64.4 Å². The Morgan fingerprint density at radius 1 is 1.07 bits per heavy atom. The predicted octanol–water partition coefficient (Wildman–Crippen LogP) is 3.90. The molecule has 0 fully saturated rings. The van der Waals surface area contributed by atoms with Crippen molar-refractivity contribution in [3.05, 3.63) is 92.3 Å². The minimum absolute atomic E-state index is 0.157. The van der Waals surface area contributed by atoms with Crippen LogP contribution in [0.4, 0.5) is 0 Å². The van der Waals surface area contributed by atoms with E-state index >= 15 is 0 Å². The Bertz CT molecular complexity index is 1050. The summed E-state index contributed by atoms with van der Waals surface area (Å²) < 4.78 is 6.81. The third-order valence-corrected chi connectivity index (χ3v) is 5.04. The standard InChI is InChI=1S/C21H19Cl2N3O3/c1-25(14-15-6-5-9-17(22)20(15)23)21(28)18-10-11-19(27)26(24-18)12-13-29-16-7-3-2-4-8-16/h2-11H,12-14H2,1H3. The lowest BCUT2D eigenvalue weighted by atomic mass is 10.2. The van der Waals surface area contributed by atoms with Crippen molar-refractivity contribution in [3.8, 4) is 5.75 Å². The highest BCUT2D eigenvalue weighted by atomic mass is 35.5. The van der Waals surface area contributed by atoms with Crippen LogP contribution < -0.4 is 10.3 Å². The van der Waals surface area contributed by atoms with Crippen molar-refractivity contribution in [2.75, 3.05) is 13.7 Å². The molecule has 6 nitrogen and oxygen atoms in total. The second kappa shape index (κ2) is 9.58. The van der Waals surface area contributed by atoms with Crippen molar-refractivity contribution >= 4 is 29.1 Å². The van der Waals surface area contributed by atoms with Gasteiger partial charge >= 0.3 is 0 Å². The molecule has 29 heavy (non-hydrogen) atoms. The molecule has 0 bridgehead atoms. The molecule has 0 aliphatic rings. The quantitative estimate of drug-likeness (QED) is 0.568. The summed E-state index contributed by atoms with van der Waals surface area (Å²) >= 11 is 12.2. The van der Waals surface area contributed by atoms with Crippen LogP contribution in [0.25, 0.3) is 0 Å². The van der Waals surface area contributed by atoms with Gasteiger partial charge in [0.25, 0.3) is 11.5 Å². The van der Waals surface area contributed by atoms with E-state index in [0.29, 0.717) is 15.8 Å². The van der Waals surface area contributed by atoms with Crippen LogP contribution in [0.3, 0.4) is 0 Å². The summed E-state index contributed by atoms with van der Waals surface area (Å²) in [6.45, 7) is 0.733. The number of nitrogens with zero attached hydrogens (tertiary/aromatic N) is 3. The molecule has 0 atom stereocenters. The first-order valence-electron chi connectivity index (χ1n) is 8.90. The summed E-state index contributed by atoms with van der Waals surface area (Å²) in [4.78, 5) is 26.3. The lowest BCUT2D eigenvalue weighted by Crippen LogP contribution is -2.32. The largest absolute Gasteiger partial charge is 0.492 e. The van der Waals surface area contributed by atoms with Crippen molar-refractivity contribution in [1.82, 2.24) is 14.7 Å². The number of aromatic nitrogens is 2. The molecule has 0 saturated heterocycles. The molecule has 0 spiro atoms. The number of para-hydroxylation sites is 1. The molecule has 1 amide bonds. The number of rotatable bonds is 7. The van der Waals surface area contributed by atoms with E-state index in [1.807, 2.05) is 30.3 Å². The second-order valence-corrected chi connectivity index (χ2v) is 7.10. The highest BCUT2D eigenvalue weighted by molar-refractivity contribution is 6.42. The summed E-state index contributed by atoms with van der Waals surface area (Å²) in [5.74, 6) is 0.365. The molecule has 2 aromatic carbocycles. The molecule has 3 rings (SSSR count). The van der Waals surface area contributed by atoms with Gasteiger partial charge in [-0.3, -0.25) is 9.59 Å². The van der Waals surface area contributed by atoms with E-state index < -0.39 is 0 Å². The smallest absolute Gasteiger partial charge is 0.274 e. The second-order valence-electron chi connectivity index (χ2n) is 6.32. The van der Waals surface area contributed by atoms with Crippen LogP contribution in [-0.4, -0.2) is 34.2 Å². The highest BCUT2D eigenvalue weighted by Gasteiger charge is 2.17. The number of carbonyl (C=O) groups is 1. The maximum Gasteiger partial charge on any atom is 0.274 e. The van der Waals surface area contributed by atoms with E-state index in [2.05, 4.69) is 5.10 Å². The van der Waals surface area contributed by atoms with E-state index in [1.54, 1.807) is 25.2 Å². The molecular weight excluding hydrogens is 413 g/mol. The maximum atomic E-state index is 12.7. The van der Waals surface area contributed by atoms with Gasteiger partial charge < -0.3 is 9.64 Å². The molecule has 0 N–H and O–H groups in total. The van der Waals surface area contributed by atoms with Gasteiger partial charge in [-0.2, -0.15) is 5.10 Å². The van der Waals surface area contributed by atoms with Gasteiger partial charge in [-0.15, -0.1) is 0 Å². The van der Waals surface area contributed by atoms with Gasteiger partial charge in [-0.05, 0) is 29.8 Å². The number of hydrogen-bond acceptors (Lipinski definition) is 4. The molecule has 1 heterocycles. The minimum atomic E-state index is -0.334. The van der Waals surface area contributed by atoms with Crippen LogP contribution in [0.15, 0.2) is 65.5 Å². The molecule has 0 saturated carbocycles. The van der Waals surface area contributed by atoms with Crippen LogP contribution in [0, 0.1) is 0 Å². The third kappa shape index (κ3) is 5.37. The third-order valence-electron chi connectivity index (χ3n) is 4.19. The van der Waals surface area contributed by atoms with Crippen molar-refractivity contribution in [1.29, 1.82) is 0 Å². The molecule has 0 radical (unpaired) electrons. The van der Waals surface area contributed by atoms with Crippen LogP contribution in [0.1, 0.15) is 16.1 Å². The summed E-state index contributed by atoms with van der Waals surface area (Å²) in [5, 5.41) is 5.01.